The largest absolute Gasteiger partial charge is 0.361 e. The highest BCUT2D eigenvalue weighted by Gasteiger charge is 2.08. The van der Waals surface area contributed by atoms with E-state index in [4.69, 9.17) is 11.6 Å². The summed E-state index contributed by atoms with van der Waals surface area (Å²) >= 11 is 5.91. The van der Waals surface area contributed by atoms with Crippen LogP contribution in [0.3, 0.4) is 0 Å². The van der Waals surface area contributed by atoms with Crippen molar-refractivity contribution in [2.24, 2.45) is 0 Å². The lowest BCUT2D eigenvalue weighted by atomic mass is 9.97. The number of hydrogen-bond acceptors (Lipinski definition) is 1. The molecule has 0 bridgehead atoms. The molecule has 0 radical (unpaired) electrons. The van der Waals surface area contributed by atoms with Crippen LogP contribution in [0.4, 0.5) is 0 Å². The van der Waals surface area contributed by atoms with Gasteiger partial charge in [-0.2, -0.15) is 0 Å². The molecule has 0 aliphatic rings. The first-order valence-electron chi connectivity index (χ1n) is 7.66. The number of fused-ring (bicyclic) bond motifs is 1. The summed E-state index contributed by atoms with van der Waals surface area (Å²) in [7, 11) is 0. The summed E-state index contributed by atoms with van der Waals surface area (Å²) in [4.78, 5) is 3.32. The van der Waals surface area contributed by atoms with E-state index in [1.54, 1.807) is 0 Å². The number of H-pyrrole nitrogens is 1. The zero-order valence-electron chi connectivity index (χ0n) is 13.0. The molecule has 0 aliphatic carbocycles. The summed E-state index contributed by atoms with van der Waals surface area (Å²) in [6, 6.07) is 12.4. The van der Waals surface area contributed by atoms with Gasteiger partial charge in [-0.05, 0) is 73.3 Å². The number of aryl methyl sites for hydroxylation is 1. The lowest BCUT2D eigenvalue weighted by Gasteiger charge is -2.12. The molecule has 0 spiro atoms. The van der Waals surface area contributed by atoms with E-state index in [9.17, 15) is 0 Å². The molecule has 3 rings (SSSR count). The molecule has 114 valence electrons. The maximum atomic E-state index is 5.91. The van der Waals surface area contributed by atoms with Crippen LogP contribution in [0.1, 0.15) is 22.3 Å². The topological polar surface area (TPSA) is 27.8 Å². The zero-order chi connectivity index (χ0) is 15.5. The fraction of sp³-hybridized carbons (Fsp3) is 0.263. The quantitative estimate of drug-likeness (QED) is 0.652. The van der Waals surface area contributed by atoms with Crippen LogP contribution in [-0.2, 0) is 13.0 Å². The van der Waals surface area contributed by atoms with Crippen molar-refractivity contribution in [3.63, 3.8) is 0 Å². The summed E-state index contributed by atoms with van der Waals surface area (Å²) in [5.74, 6) is 0. The Morgan fingerprint density at radius 3 is 2.64 bits per heavy atom. The van der Waals surface area contributed by atoms with Gasteiger partial charge >= 0.3 is 0 Å². The van der Waals surface area contributed by atoms with Crippen LogP contribution in [0.25, 0.3) is 10.9 Å². The van der Waals surface area contributed by atoms with Crippen LogP contribution >= 0.6 is 11.6 Å². The van der Waals surface area contributed by atoms with Gasteiger partial charge in [0, 0.05) is 28.7 Å². The number of hydrogen-bond donors (Lipinski definition) is 2. The van der Waals surface area contributed by atoms with Crippen molar-refractivity contribution in [3.8, 4) is 0 Å². The van der Waals surface area contributed by atoms with Gasteiger partial charge in [-0.1, -0.05) is 23.7 Å². The Balaban J connectivity index is 1.65. The summed E-state index contributed by atoms with van der Waals surface area (Å²) in [6.07, 6.45) is 3.06. The predicted octanol–water partition coefficient (Wildman–Crippen LogP) is 4.77. The summed E-state index contributed by atoms with van der Waals surface area (Å²) in [6.45, 7) is 6.24. The maximum Gasteiger partial charge on any atom is 0.0459 e. The second-order valence-corrected chi connectivity index (χ2v) is 6.23. The first-order chi connectivity index (χ1) is 10.6. The van der Waals surface area contributed by atoms with Gasteiger partial charge in [-0.15, -0.1) is 0 Å². The first-order valence-corrected chi connectivity index (χ1v) is 8.04. The van der Waals surface area contributed by atoms with Crippen LogP contribution in [0.15, 0.2) is 42.6 Å². The molecule has 22 heavy (non-hydrogen) atoms. The lowest BCUT2D eigenvalue weighted by molar-refractivity contribution is 0.687. The minimum atomic E-state index is 0.786. The summed E-state index contributed by atoms with van der Waals surface area (Å²) < 4.78 is 0. The highest BCUT2D eigenvalue weighted by Crippen LogP contribution is 2.24. The van der Waals surface area contributed by atoms with Crippen molar-refractivity contribution in [3.05, 3.63) is 69.9 Å². The molecule has 0 atom stereocenters. The van der Waals surface area contributed by atoms with E-state index in [2.05, 4.69) is 48.4 Å². The Morgan fingerprint density at radius 1 is 1.09 bits per heavy atom. The van der Waals surface area contributed by atoms with Crippen LogP contribution < -0.4 is 5.32 Å². The molecular formula is C19H21ClN2. The molecule has 3 aromatic rings. The number of halogens is 1. The van der Waals surface area contributed by atoms with Gasteiger partial charge in [-0.3, -0.25) is 0 Å². The standard InChI is InChI=1S/C19H21ClN2/c1-13-11-19-18(8-10-22-19)17(14(13)2)7-9-21-12-15-3-5-16(20)6-4-15/h3-6,8,10-11,21-22H,7,9,12H2,1-2H3. The van der Waals surface area contributed by atoms with Crippen LogP contribution in [0, 0.1) is 13.8 Å². The molecule has 0 saturated carbocycles. The third-order valence-corrected chi connectivity index (χ3v) is 4.56. The second kappa shape index (κ2) is 6.55. The van der Waals surface area contributed by atoms with Crippen LogP contribution in [0.2, 0.25) is 5.02 Å². The van der Waals surface area contributed by atoms with E-state index in [-0.39, 0.29) is 0 Å². The molecular weight excluding hydrogens is 292 g/mol. The molecule has 0 saturated heterocycles. The average Bonchev–Trinajstić information content (AvgIpc) is 2.96. The lowest BCUT2D eigenvalue weighted by Crippen LogP contribution is -2.17. The van der Waals surface area contributed by atoms with E-state index >= 15 is 0 Å². The Morgan fingerprint density at radius 2 is 1.86 bits per heavy atom. The van der Waals surface area contributed by atoms with E-state index < -0.39 is 0 Å². The van der Waals surface area contributed by atoms with E-state index in [1.807, 2.05) is 18.3 Å². The first kappa shape index (κ1) is 15.1. The zero-order valence-corrected chi connectivity index (χ0v) is 13.8. The third-order valence-electron chi connectivity index (χ3n) is 4.30. The van der Waals surface area contributed by atoms with Gasteiger partial charge < -0.3 is 10.3 Å². The Labute approximate surface area is 136 Å². The van der Waals surface area contributed by atoms with E-state index in [0.717, 1.165) is 24.5 Å². The van der Waals surface area contributed by atoms with Gasteiger partial charge in [0.05, 0.1) is 0 Å². The fourth-order valence-corrected chi connectivity index (χ4v) is 3.03. The molecule has 2 N–H and O–H groups in total. The van der Waals surface area contributed by atoms with Gasteiger partial charge in [0.25, 0.3) is 0 Å². The maximum absolute atomic E-state index is 5.91. The van der Waals surface area contributed by atoms with Crippen molar-refractivity contribution in [1.29, 1.82) is 0 Å². The highest BCUT2D eigenvalue weighted by atomic mass is 35.5. The SMILES string of the molecule is Cc1cc2[nH]ccc2c(CCNCc2ccc(Cl)cc2)c1C. The fourth-order valence-electron chi connectivity index (χ4n) is 2.90. The number of rotatable bonds is 5. The van der Waals surface area contributed by atoms with Crippen molar-refractivity contribution in [2.45, 2.75) is 26.8 Å². The average molecular weight is 313 g/mol. The van der Waals surface area contributed by atoms with Crippen molar-refractivity contribution >= 4 is 22.5 Å². The molecule has 0 aliphatic heterocycles. The predicted molar refractivity (Wildman–Crippen MR) is 94.6 cm³/mol. The third kappa shape index (κ3) is 3.18. The monoisotopic (exact) mass is 312 g/mol. The van der Waals surface area contributed by atoms with Crippen molar-refractivity contribution in [2.75, 3.05) is 6.54 Å². The number of aromatic nitrogens is 1. The van der Waals surface area contributed by atoms with Crippen LogP contribution in [0.5, 0.6) is 0 Å². The van der Waals surface area contributed by atoms with Gasteiger partial charge in [-0.25, -0.2) is 0 Å². The molecule has 2 aromatic carbocycles. The summed E-state index contributed by atoms with van der Waals surface area (Å²) in [5, 5.41) is 5.65. The number of aromatic amines is 1. The molecule has 3 heteroatoms. The molecule has 0 unspecified atom stereocenters. The Bertz CT molecular complexity index is 772. The van der Waals surface area contributed by atoms with Gasteiger partial charge in [0.2, 0.25) is 0 Å². The van der Waals surface area contributed by atoms with E-state index in [1.165, 1.54) is 33.2 Å². The Kier molecular flexibility index (Phi) is 4.51. The molecule has 1 heterocycles. The highest BCUT2D eigenvalue weighted by molar-refractivity contribution is 6.30. The Hall–Kier alpha value is -1.77. The normalized spacial score (nSPS) is 11.2. The van der Waals surface area contributed by atoms with Gasteiger partial charge in [0.15, 0.2) is 0 Å². The number of nitrogens with one attached hydrogen (secondary N) is 2. The second-order valence-electron chi connectivity index (χ2n) is 5.79. The molecule has 2 nitrogen and oxygen atoms in total. The molecule has 0 amide bonds. The smallest absolute Gasteiger partial charge is 0.0459 e. The van der Waals surface area contributed by atoms with Gasteiger partial charge in [0.1, 0.15) is 0 Å². The van der Waals surface area contributed by atoms with Crippen molar-refractivity contribution < 1.29 is 0 Å². The minimum Gasteiger partial charge on any atom is -0.361 e. The number of benzene rings is 2. The van der Waals surface area contributed by atoms with E-state index in [0.29, 0.717) is 0 Å². The minimum absolute atomic E-state index is 0.786. The summed E-state index contributed by atoms with van der Waals surface area (Å²) in [5.41, 5.74) is 6.69. The molecule has 1 aromatic heterocycles. The van der Waals surface area contributed by atoms with Crippen molar-refractivity contribution in [1.82, 2.24) is 10.3 Å². The van der Waals surface area contributed by atoms with Crippen LogP contribution in [-0.4, -0.2) is 11.5 Å². The molecule has 0 fully saturated rings.